The number of carbonyl (C=O) groups excluding carboxylic acids is 3. The highest BCUT2D eigenvalue weighted by Gasteiger charge is 2.62. The van der Waals surface area contributed by atoms with Gasteiger partial charge in [0, 0.05) is 29.9 Å². The van der Waals surface area contributed by atoms with E-state index in [2.05, 4.69) is 10.2 Å². The van der Waals surface area contributed by atoms with Crippen LogP contribution < -0.4 is 24.4 Å². The smallest absolute Gasteiger partial charge is 0.242 e. The molecule has 5 atom stereocenters. The van der Waals surface area contributed by atoms with Gasteiger partial charge in [-0.3, -0.25) is 19.1 Å². The molecule has 4 aliphatic rings. The van der Waals surface area contributed by atoms with Gasteiger partial charge in [0.2, 0.25) is 27.7 Å². The Hall–Kier alpha value is -3.75. The van der Waals surface area contributed by atoms with Crippen LogP contribution in [0.4, 0.5) is 0 Å². The van der Waals surface area contributed by atoms with E-state index >= 15 is 0 Å². The van der Waals surface area contributed by atoms with Crippen molar-refractivity contribution in [3.05, 3.63) is 35.9 Å². The van der Waals surface area contributed by atoms with Gasteiger partial charge in [-0.05, 0) is 84.3 Å². The fourth-order valence-corrected chi connectivity index (χ4v) is 8.76. The molecule has 0 bridgehead atoms. The SMILES string of the molecule is COc1ccc2c(O[C@@H]3C[C@H]4C(=O)C[C@]5(C(=O)NS(=O)(=O)C6(C)CC6)C[C@@H]5/C=C\CCCCC[C@H](NO)C(=O)N4C3)cc(OC(C)C)nc2c1C. The third kappa shape index (κ3) is 7.45. The number of Topliss-reactive ketones (excluding diaryl/α,β-unsaturated/α-hetero) is 1. The number of benzene rings is 1. The van der Waals surface area contributed by atoms with E-state index in [9.17, 15) is 28.0 Å². The second-order valence-electron chi connectivity index (χ2n) is 15.1. The number of aromatic nitrogens is 1. The molecule has 2 aliphatic heterocycles. The lowest BCUT2D eigenvalue weighted by molar-refractivity contribution is -0.142. The molecule has 2 saturated carbocycles. The van der Waals surface area contributed by atoms with E-state index in [4.69, 9.17) is 19.2 Å². The molecule has 0 unspecified atom stereocenters. The first kappa shape index (κ1) is 37.0. The van der Waals surface area contributed by atoms with Crippen molar-refractivity contribution in [3.63, 3.8) is 0 Å². The third-order valence-electron chi connectivity index (χ3n) is 11.0. The lowest BCUT2D eigenvalue weighted by Crippen LogP contribution is -2.50. The normalized spacial score (nSPS) is 28.6. The van der Waals surface area contributed by atoms with Crippen LogP contribution in [0.3, 0.4) is 0 Å². The number of nitrogens with zero attached hydrogens (tertiary/aromatic N) is 2. The molecule has 6 rings (SSSR count). The monoisotopic (exact) mass is 726 g/mol. The Morgan fingerprint density at radius 2 is 1.90 bits per heavy atom. The Morgan fingerprint density at radius 1 is 1.14 bits per heavy atom. The van der Waals surface area contributed by atoms with Crippen LogP contribution in [-0.2, 0) is 24.4 Å². The Balaban J connectivity index is 1.32. The molecule has 1 saturated heterocycles. The Kier molecular flexibility index (Phi) is 10.4. The van der Waals surface area contributed by atoms with Crippen LogP contribution in [0.2, 0.25) is 0 Å². The number of pyridine rings is 1. The molecule has 1 aromatic heterocycles. The highest BCUT2D eigenvalue weighted by atomic mass is 32.2. The predicted molar refractivity (Wildman–Crippen MR) is 189 cm³/mol. The number of nitrogens with one attached hydrogen (secondary N) is 2. The highest BCUT2D eigenvalue weighted by Crippen LogP contribution is 2.57. The minimum absolute atomic E-state index is 0.0575. The van der Waals surface area contributed by atoms with Gasteiger partial charge >= 0.3 is 0 Å². The predicted octanol–water partition coefficient (Wildman–Crippen LogP) is 4.52. The summed E-state index contributed by atoms with van der Waals surface area (Å²) in [4.78, 5) is 48.4. The number of methoxy groups -OCH3 is 1. The minimum Gasteiger partial charge on any atom is -0.496 e. The zero-order valence-corrected chi connectivity index (χ0v) is 30.9. The molecule has 13 nitrogen and oxygen atoms in total. The molecule has 2 amide bonds. The van der Waals surface area contributed by atoms with Gasteiger partial charge in [0.1, 0.15) is 23.6 Å². The molecule has 0 spiro atoms. The number of amides is 2. The molecule has 3 fully saturated rings. The molecule has 14 heteroatoms. The van der Waals surface area contributed by atoms with E-state index < -0.39 is 50.2 Å². The largest absolute Gasteiger partial charge is 0.496 e. The molecule has 3 heterocycles. The van der Waals surface area contributed by atoms with E-state index in [1.54, 1.807) is 20.1 Å². The number of hydroxylamine groups is 1. The van der Waals surface area contributed by atoms with Gasteiger partial charge in [-0.15, -0.1) is 0 Å². The average molecular weight is 727 g/mol. The molecule has 2 aromatic rings. The second kappa shape index (κ2) is 14.3. The van der Waals surface area contributed by atoms with Crippen LogP contribution in [0.25, 0.3) is 10.9 Å². The van der Waals surface area contributed by atoms with Crippen LogP contribution in [-0.4, -0.2) is 83.8 Å². The van der Waals surface area contributed by atoms with E-state index in [-0.39, 0.29) is 37.2 Å². The number of hydrogen-bond acceptors (Lipinski definition) is 11. The molecular formula is C37H50N4O9S. The van der Waals surface area contributed by atoms with Crippen molar-refractivity contribution in [1.29, 1.82) is 0 Å². The van der Waals surface area contributed by atoms with Crippen LogP contribution >= 0.6 is 0 Å². The van der Waals surface area contributed by atoms with Crippen LogP contribution in [0.15, 0.2) is 30.4 Å². The van der Waals surface area contributed by atoms with Crippen molar-refractivity contribution in [2.45, 2.75) is 121 Å². The van der Waals surface area contributed by atoms with Crippen molar-refractivity contribution >= 4 is 38.5 Å². The summed E-state index contributed by atoms with van der Waals surface area (Å²) in [7, 11) is -2.34. The van der Waals surface area contributed by atoms with Gasteiger partial charge in [0.25, 0.3) is 0 Å². The first-order valence-corrected chi connectivity index (χ1v) is 19.5. The van der Waals surface area contributed by atoms with Crippen LogP contribution in [0, 0.1) is 18.3 Å². The molecular weight excluding hydrogens is 676 g/mol. The molecule has 51 heavy (non-hydrogen) atoms. The number of aryl methyl sites for hydroxylation is 1. The quantitative estimate of drug-likeness (QED) is 0.245. The van der Waals surface area contributed by atoms with Gasteiger partial charge in [-0.2, -0.15) is 5.48 Å². The number of ketones is 1. The van der Waals surface area contributed by atoms with E-state index in [1.807, 2.05) is 45.1 Å². The van der Waals surface area contributed by atoms with Crippen molar-refractivity contribution in [2.75, 3.05) is 13.7 Å². The van der Waals surface area contributed by atoms with Gasteiger partial charge in [0.15, 0.2) is 5.78 Å². The van der Waals surface area contributed by atoms with Crippen LogP contribution in [0.1, 0.15) is 90.5 Å². The van der Waals surface area contributed by atoms with E-state index in [1.165, 1.54) is 4.90 Å². The summed E-state index contributed by atoms with van der Waals surface area (Å²) in [5.41, 5.74) is 2.35. The molecule has 3 N–H and O–H groups in total. The van der Waals surface area contributed by atoms with Crippen molar-refractivity contribution in [1.82, 2.24) is 20.1 Å². The maximum Gasteiger partial charge on any atom is 0.242 e. The van der Waals surface area contributed by atoms with Crippen molar-refractivity contribution < 1.29 is 42.2 Å². The van der Waals surface area contributed by atoms with Gasteiger partial charge in [0.05, 0.1) is 41.5 Å². The first-order valence-electron chi connectivity index (χ1n) is 18.0. The summed E-state index contributed by atoms with van der Waals surface area (Å²) in [5.74, 6) is -0.301. The first-order chi connectivity index (χ1) is 24.2. The lowest BCUT2D eigenvalue weighted by atomic mass is 9.91. The lowest BCUT2D eigenvalue weighted by Gasteiger charge is -2.28. The number of fused-ring (bicyclic) bond motifs is 3. The third-order valence-corrected chi connectivity index (χ3v) is 13.2. The summed E-state index contributed by atoms with van der Waals surface area (Å²) in [5, 5.41) is 10.8. The number of sulfonamides is 1. The molecule has 1 aromatic carbocycles. The summed E-state index contributed by atoms with van der Waals surface area (Å²) in [6, 6.07) is 3.48. The maximum absolute atomic E-state index is 14.4. The number of hydrogen-bond donors (Lipinski definition) is 3. The summed E-state index contributed by atoms with van der Waals surface area (Å²) in [6.07, 6.45) is 7.77. The topological polar surface area (TPSA) is 173 Å². The highest BCUT2D eigenvalue weighted by molar-refractivity contribution is 7.91. The fraction of sp³-hybridized carbons (Fsp3) is 0.622. The van der Waals surface area contributed by atoms with Crippen LogP contribution in [0.5, 0.6) is 17.4 Å². The number of rotatable bonds is 9. The summed E-state index contributed by atoms with van der Waals surface area (Å²) >= 11 is 0. The standard InChI is InChI=1S/C37H50N4O9S/c1-22(2)49-32-18-31(26-13-14-30(48-5)23(3)33(26)38-32)50-25-17-28-29(42)20-37(35(44)40-51(46,47)36(4)15-16-36)19-24(37)11-9-7-6-8-10-12-27(39-45)34(43)41(28)21-25/h9,11,13-14,18,22,24-25,27-28,39,45H,6-8,10,12,15-17,19-21H2,1-5H3,(H,40,44)/b11-9-/t24-,25+,27-,28-,37+/m0/s1. The molecule has 278 valence electrons. The molecule has 0 radical (unpaired) electrons. The Bertz CT molecular complexity index is 1830. The second-order valence-corrected chi connectivity index (χ2v) is 17.3. The number of allylic oxidation sites excluding steroid dienone is 2. The van der Waals surface area contributed by atoms with Crippen molar-refractivity contribution in [3.8, 4) is 17.4 Å². The Labute approximate surface area is 299 Å². The van der Waals surface area contributed by atoms with Gasteiger partial charge in [-0.1, -0.05) is 25.0 Å². The van der Waals surface area contributed by atoms with E-state index in [0.717, 1.165) is 24.8 Å². The summed E-state index contributed by atoms with van der Waals surface area (Å²) in [6.45, 7) is 7.35. The van der Waals surface area contributed by atoms with Gasteiger partial charge in [-0.25, -0.2) is 13.4 Å². The average Bonchev–Trinajstić information content (AvgIpc) is 3.96. The number of ether oxygens (including phenoxy) is 3. The molecule has 2 aliphatic carbocycles. The Morgan fingerprint density at radius 3 is 2.59 bits per heavy atom. The fourth-order valence-electron chi connectivity index (χ4n) is 7.43. The minimum atomic E-state index is -3.93. The van der Waals surface area contributed by atoms with Crippen molar-refractivity contribution in [2.24, 2.45) is 11.3 Å². The zero-order chi connectivity index (χ0) is 36.7. The number of carbonyl (C=O) groups is 3. The van der Waals surface area contributed by atoms with E-state index in [0.29, 0.717) is 60.4 Å². The zero-order valence-electron chi connectivity index (χ0n) is 30.1. The van der Waals surface area contributed by atoms with Gasteiger partial charge < -0.3 is 24.3 Å². The maximum atomic E-state index is 14.4. The summed E-state index contributed by atoms with van der Waals surface area (Å²) < 4.78 is 45.6.